The first-order valence-electron chi connectivity index (χ1n) is 8.50. The number of anilines is 1. The molecule has 0 aliphatic carbocycles. The normalized spacial score (nSPS) is 10.4. The quantitative estimate of drug-likeness (QED) is 0.622. The van der Waals surface area contributed by atoms with Crippen LogP contribution in [0, 0.1) is 17.5 Å². The number of nitrogens with one attached hydrogen (secondary N) is 2. The Bertz CT molecular complexity index is 925. The number of methoxy groups -OCH3 is 1. The molecule has 0 bridgehead atoms. The number of hydrogen-bond donors (Lipinski definition) is 2. The fourth-order valence-corrected chi connectivity index (χ4v) is 2.54. The summed E-state index contributed by atoms with van der Waals surface area (Å²) in [6.07, 6.45) is 0.745. The molecule has 0 aliphatic heterocycles. The fourth-order valence-electron chi connectivity index (χ4n) is 2.27. The van der Waals surface area contributed by atoms with Crippen molar-refractivity contribution in [2.24, 2.45) is 0 Å². The van der Waals surface area contributed by atoms with Gasteiger partial charge in [0.05, 0.1) is 31.0 Å². The minimum Gasteiger partial charge on any atom is -0.493 e. The number of ether oxygens (including phenoxy) is 2. The van der Waals surface area contributed by atoms with E-state index in [9.17, 15) is 22.8 Å². The maximum atomic E-state index is 13.6. The minimum atomic E-state index is -1.71. The van der Waals surface area contributed by atoms with E-state index in [-0.39, 0.29) is 16.3 Å². The van der Waals surface area contributed by atoms with Gasteiger partial charge < -0.3 is 20.1 Å². The van der Waals surface area contributed by atoms with Crippen LogP contribution in [0.3, 0.4) is 0 Å². The number of rotatable bonds is 8. The molecule has 0 atom stereocenters. The first kappa shape index (κ1) is 22.4. The van der Waals surface area contributed by atoms with Crippen LogP contribution in [-0.2, 0) is 4.79 Å². The lowest BCUT2D eigenvalue weighted by atomic mass is 10.2. The highest BCUT2D eigenvalue weighted by Gasteiger charge is 2.18. The van der Waals surface area contributed by atoms with Gasteiger partial charge in [0.2, 0.25) is 5.91 Å². The maximum absolute atomic E-state index is 13.6. The molecular formula is C19H18ClF3N2O4. The monoisotopic (exact) mass is 430 g/mol. The van der Waals surface area contributed by atoms with E-state index in [1.54, 1.807) is 0 Å². The lowest BCUT2D eigenvalue weighted by Gasteiger charge is -2.14. The van der Waals surface area contributed by atoms with E-state index in [4.69, 9.17) is 21.1 Å². The number of carbonyl (C=O) groups is 2. The second kappa shape index (κ2) is 10.0. The number of halogens is 4. The summed E-state index contributed by atoms with van der Waals surface area (Å²) in [5, 5.41) is 4.50. The molecule has 0 heterocycles. The van der Waals surface area contributed by atoms with Crippen LogP contribution in [0.15, 0.2) is 24.3 Å². The second-order valence-electron chi connectivity index (χ2n) is 5.79. The van der Waals surface area contributed by atoms with Crippen LogP contribution < -0.4 is 20.1 Å². The van der Waals surface area contributed by atoms with E-state index in [0.29, 0.717) is 18.4 Å². The summed E-state index contributed by atoms with van der Waals surface area (Å²) in [5.41, 5.74) is -0.451. The van der Waals surface area contributed by atoms with Crippen molar-refractivity contribution in [2.45, 2.75) is 13.3 Å². The first-order valence-corrected chi connectivity index (χ1v) is 8.88. The largest absolute Gasteiger partial charge is 0.493 e. The average Bonchev–Trinajstić information content (AvgIpc) is 2.71. The molecule has 0 saturated carbocycles. The van der Waals surface area contributed by atoms with Crippen molar-refractivity contribution >= 4 is 29.1 Å². The lowest BCUT2D eigenvalue weighted by molar-refractivity contribution is -0.115. The lowest BCUT2D eigenvalue weighted by Crippen LogP contribution is -2.33. The van der Waals surface area contributed by atoms with Gasteiger partial charge in [-0.05, 0) is 30.7 Å². The van der Waals surface area contributed by atoms with Gasteiger partial charge in [0.25, 0.3) is 5.91 Å². The third-order valence-electron chi connectivity index (χ3n) is 3.66. The van der Waals surface area contributed by atoms with Gasteiger partial charge in [0.15, 0.2) is 29.0 Å². The molecule has 2 aromatic rings. The molecule has 156 valence electrons. The van der Waals surface area contributed by atoms with Crippen LogP contribution in [-0.4, -0.2) is 32.1 Å². The summed E-state index contributed by atoms with van der Waals surface area (Å²) in [5.74, 6) is -5.60. The summed E-state index contributed by atoms with van der Waals surface area (Å²) in [7, 11) is 1.38. The molecule has 0 spiro atoms. The highest BCUT2D eigenvalue weighted by molar-refractivity contribution is 6.32. The number of amides is 2. The van der Waals surface area contributed by atoms with Gasteiger partial charge in [-0.25, -0.2) is 13.2 Å². The zero-order valence-electron chi connectivity index (χ0n) is 15.6. The van der Waals surface area contributed by atoms with E-state index in [2.05, 4.69) is 5.32 Å². The van der Waals surface area contributed by atoms with Gasteiger partial charge in [-0.15, -0.1) is 0 Å². The van der Waals surface area contributed by atoms with Crippen LogP contribution in [0.2, 0.25) is 5.02 Å². The Hall–Kier alpha value is -2.94. The molecule has 0 saturated heterocycles. The van der Waals surface area contributed by atoms with Crippen molar-refractivity contribution in [3.05, 3.63) is 52.3 Å². The molecule has 10 heteroatoms. The van der Waals surface area contributed by atoms with Gasteiger partial charge in [-0.3, -0.25) is 9.59 Å². The van der Waals surface area contributed by atoms with E-state index in [1.165, 1.54) is 19.2 Å². The molecule has 0 radical (unpaired) electrons. The zero-order valence-corrected chi connectivity index (χ0v) is 16.3. The van der Waals surface area contributed by atoms with Crippen LogP contribution >= 0.6 is 11.6 Å². The zero-order chi connectivity index (χ0) is 21.6. The fraction of sp³-hybridized carbons (Fsp3) is 0.263. The van der Waals surface area contributed by atoms with Gasteiger partial charge in [-0.2, -0.15) is 0 Å². The average molecular weight is 431 g/mol. The predicted molar refractivity (Wildman–Crippen MR) is 101 cm³/mol. The molecule has 0 aliphatic rings. The molecule has 0 aromatic heterocycles. The summed E-state index contributed by atoms with van der Waals surface area (Å²) in [4.78, 5) is 24.2. The van der Waals surface area contributed by atoms with Crippen molar-refractivity contribution < 1.29 is 32.2 Å². The molecule has 2 rings (SSSR count). The number of carbonyl (C=O) groups excluding carboxylic acids is 2. The summed E-state index contributed by atoms with van der Waals surface area (Å²) < 4.78 is 50.4. The van der Waals surface area contributed by atoms with Crippen molar-refractivity contribution in [1.29, 1.82) is 0 Å². The summed E-state index contributed by atoms with van der Waals surface area (Å²) in [6.45, 7) is 1.77. The molecular weight excluding hydrogens is 413 g/mol. The highest BCUT2D eigenvalue weighted by Crippen LogP contribution is 2.36. The molecule has 2 aromatic carbocycles. The standard InChI is InChI=1S/C19H18ClF3N2O4/c1-3-6-29-18-11(20)7-10(8-14(18)28-2)19(27)24-9-15(26)25-13-5-4-12(21)16(22)17(13)23/h4-5,7-8H,3,6,9H2,1-2H3,(H,24,27)(H,25,26). The highest BCUT2D eigenvalue weighted by atomic mass is 35.5. The van der Waals surface area contributed by atoms with Crippen molar-refractivity contribution in [2.75, 3.05) is 25.6 Å². The van der Waals surface area contributed by atoms with E-state index in [1.807, 2.05) is 12.2 Å². The Morgan fingerprint density at radius 1 is 1.14 bits per heavy atom. The van der Waals surface area contributed by atoms with E-state index < -0.39 is 41.5 Å². The predicted octanol–water partition coefficient (Wildman–Crippen LogP) is 3.92. The summed E-state index contributed by atoms with van der Waals surface area (Å²) >= 11 is 6.14. The molecule has 6 nitrogen and oxygen atoms in total. The molecule has 0 fully saturated rings. The number of benzene rings is 2. The van der Waals surface area contributed by atoms with Crippen molar-refractivity contribution in [3.63, 3.8) is 0 Å². The molecule has 2 amide bonds. The van der Waals surface area contributed by atoms with Gasteiger partial charge in [-0.1, -0.05) is 18.5 Å². The maximum Gasteiger partial charge on any atom is 0.251 e. The molecule has 2 N–H and O–H groups in total. The summed E-state index contributed by atoms with van der Waals surface area (Å²) in [6, 6.07) is 4.27. The Kier molecular flexibility index (Phi) is 7.72. The van der Waals surface area contributed by atoms with Gasteiger partial charge in [0, 0.05) is 5.56 Å². The van der Waals surface area contributed by atoms with Crippen LogP contribution in [0.4, 0.5) is 18.9 Å². The topological polar surface area (TPSA) is 76.7 Å². The Labute approximate surface area is 169 Å². The second-order valence-corrected chi connectivity index (χ2v) is 6.20. The van der Waals surface area contributed by atoms with Crippen molar-refractivity contribution in [3.8, 4) is 11.5 Å². The smallest absolute Gasteiger partial charge is 0.251 e. The minimum absolute atomic E-state index is 0.0995. The van der Waals surface area contributed by atoms with Crippen LogP contribution in [0.1, 0.15) is 23.7 Å². The number of hydrogen-bond acceptors (Lipinski definition) is 4. The Balaban J connectivity index is 2.04. The molecule has 0 unspecified atom stereocenters. The van der Waals surface area contributed by atoms with Gasteiger partial charge >= 0.3 is 0 Å². The van der Waals surface area contributed by atoms with Crippen LogP contribution in [0.25, 0.3) is 0 Å². The first-order chi connectivity index (χ1) is 13.8. The van der Waals surface area contributed by atoms with Crippen molar-refractivity contribution in [1.82, 2.24) is 5.32 Å². The van der Waals surface area contributed by atoms with Crippen LogP contribution in [0.5, 0.6) is 11.5 Å². The van der Waals surface area contributed by atoms with E-state index >= 15 is 0 Å². The van der Waals surface area contributed by atoms with Gasteiger partial charge in [0.1, 0.15) is 0 Å². The Morgan fingerprint density at radius 2 is 1.86 bits per heavy atom. The Morgan fingerprint density at radius 3 is 2.52 bits per heavy atom. The molecule has 29 heavy (non-hydrogen) atoms. The van der Waals surface area contributed by atoms with E-state index in [0.717, 1.165) is 12.5 Å². The third-order valence-corrected chi connectivity index (χ3v) is 3.94. The third kappa shape index (κ3) is 5.54. The SMILES string of the molecule is CCCOc1c(Cl)cc(C(=O)NCC(=O)Nc2ccc(F)c(F)c2F)cc1OC.